The smallest absolute Gasteiger partial charge is 0.335 e. The van der Waals surface area contributed by atoms with Crippen LogP contribution in [0.2, 0.25) is 0 Å². The molecule has 0 aliphatic carbocycles. The van der Waals surface area contributed by atoms with Gasteiger partial charge in [-0.2, -0.15) is 0 Å². The molecule has 25 heavy (non-hydrogen) atoms. The van der Waals surface area contributed by atoms with Crippen LogP contribution in [0, 0.1) is 0 Å². The van der Waals surface area contributed by atoms with Gasteiger partial charge in [0.2, 0.25) is 0 Å². The summed E-state index contributed by atoms with van der Waals surface area (Å²) < 4.78 is 27.2. The predicted molar refractivity (Wildman–Crippen MR) is 96.1 cm³/mol. The first kappa shape index (κ1) is 16.7. The number of carboxylic acids is 1. The van der Waals surface area contributed by atoms with Crippen molar-refractivity contribution in [2.45, 2.75) is 4.90 Å². The number of nitrogens with one attached hydrogen (secondary N) is 1. The number of aromatic carboxylic acids is 1. The summed E-state index contributed by atoms with van der Waals surface area (Å²) in [4.78, 5) is 10.8. The molecule has 0 amide bonds. The van der Waals surface area contributed by atoms with Crippen LogP contribution in [-0.4, -0.2) is 19.5 Å². The monoisotopic (exact) mass is 353 g/mol. The summed E-state index contributed by atoms with van der Waals surface area (Å²) in [5.41, 5.74) is 2.49. The van der Waals surface area contributed by atoms with E-state index < -0.39 is 16.0 Å². The van der Waals surface area contributed by atoms with E-state index in [4.69, 9.17) is 5.11 Å². The van der Waals surface area contributed by atoms with E-state index in [2.05, 4.69) is 4.72 Å². The van der Waals surface area contributed by atoms with Gasteiger partial charge in [0.1, 0.15) is 0 Å². The van der Waals surface area contributed by atoms with E-state index in [9.17, 15) is 13.2 Å². The van der Waals surface area contributed by atoms with E-state index in [1.807, 2.05) is 42.5 Å². The summed E-state index contributed by atoms with van der Waals surface area (Å²) in [6.07, 6.45) is 0. The maximum atomic E-state index is 12.4. The van der Waals surface area contributed by atoms with Gasteiger partial charge in [-0.25, -0.2) is 13.2 Å². The molecule has 0 aliphatic heterocycles. The standard InChI is InChI=1S/C19H15NO4S/c21-19(22)16-8-12-18(13-9-16)25(23,24)20-17-10-6-15(7-11-17)14-4-2-1-3-5-14/h1-13,20H,(H,21,22). The van der Waals surface area contributed by atoms with Crippen LogP contribution < -0.4 is 4.72 Å². The Labute approximate surface area is 145 Å². The van der Waals surface area contributed by atoms with Crippen LogP contribution in [0.25, 0.3) is 11.1 Å². The number of carbonyl (C=O) groups is 1. The predicted octanol–water partition coefficient (Wildman–Crippen LogP) is 3.85. The highest BCUT2D eigenvalue weighted by molar-refractivity contribution is 7.92. The molecule has 3 rings (SSSR count). The molecular weight excluding hydrogens is 338 g/mol. The molecule has 0 unspecified atom stereocenters. The summed E-state index contributed by atoms with van der Waals surface area (Å²) in [6.45, 7) is 0. The highest BCUT2D eigenvalue weighted by Gasteiger charge is 2.15. The lowest BCUT2D eigenvalue weighted by Gasteiger charge is -2.09. The Kier molecular flexibility index (Phi) is 4.54. The Hall–Kier alpha value is -3.12. The third kappa shape index (κ3) is 3.87. The first-order valence-electron chi connectivity index (χ1n) is 7.47. The van der Waals surface area contributed by atoms with Crippen molar-refractivity contribution in [2.24, 2.45) is 0 Å². The van der Waals surface area contributed by atoms with E-state index in [1.165, 1.54) is 24.3 Å². The number of rotatable bonds is 5. The average molecular weight is 353 g/mol. The lowest BCUT2D eigenvalue weighted by Crippen LogP contribution is -2.13. The molecule has 0 aromatic heterocycles. The zero-order chi connectivity index (χ0) is 17.9. The average Bonchev–Trinajstić information content (AvgIpc) is 2.63. The second-order valence-corrected chi connectivity index (χ2v) is 7.06. The number of hydrogen-bond donors (Lipinski definition) is 2. The van der Waals surface area contributed by atoms with Crippen molar-refractivity contribution in [3.05, 3.63) is 84.4 Å². The van der Waals surface area contributed by atoms with E-state index in [-0.39, 0.29) is 10.5 Å². The Bertz CT molecular complexity index is 980. The van der Waals surface area contributed by atoms with Crippen molar-refractivity contribution in [1.29, 1.82) is 0 Å². The van der Waals surface area contributed by atoms with E-state index in [1.54, 1.807) is 12.1 Å². The molecule has 6 heteroatoms. The Morgan fingerprint density at radius 2 is 1.32 bits per heavy atom. The Morgan fingerprint density at radius 3 is 1.88 bits per heavy atom. The zero-order valence-electron chi connectivity index (χ0n) is 13.1. The molecule has 126 valence electrons. The summed E-state index contributed by atoms with van der Waals surface area (Å²) >= 11 is 0. The molecular formula is C19H15NO4S. The van der Waals surface area contributed by atoms with E-state index in [0.717, 1.165) is 11.1 Å². The maximum absolute atomic E-state index is 12.4. The van der Waals surface area contributed by atoms with Gasteiger partial charge in [-0.15, -0.1) is 0 Å². The van der Waals surface area contributed by atoms with Crippen LogP contribution in [0.1, 0.15) is 10.4 Å². The highest BCUT2D eigenvalue weighted by Crippen LogP contribution is 2.22. The zero-order valence-corrected chi connectivity index (χ0v) is 13.9. The van der Waals surface area contributed by atoms with Gasteiger partial charge in [0, 0.05) is 5.69 Å². The fraction of sp³-hybridized carbons (Fsp3) is 0. The molecule has 0 radical (unpaired) electrons. The molecule has 0 aliphatic rings. The van der Waals surface area contributed by atoms with Gasteiger partial charge in [0.15, 0.2) is 0 Å². The van der Waals surface area contributed by atoms with Crippen molar-refractivity contribution in [1.82, 2.24) is 0 Å². The molecule has 2 N–H and O–H groups in total. The fourth-order valence-electron chi connectivity index (χ4n) is 2.35. The van der Waals surface area contributed by atoms with Crippen molar-refractivity contribution in [3.8, 4) is 11.1 Å². The minimum Gasteiger partial charge on any atom is -0.478 e. The normalized spacial score (nSPS) is 11.0. The summed E-state index contributed by atoms with van der Waals surface area (Å²) in [6, 6.07) is 21.9. The summed E-state index contributed by atoms with van der Waals surface area (Å²) in [5.74, 6) is -1.10. The molecule has 0 atom stereocenters. The van der Waals surface area contributed by atoms with Crippen molar-refractivity contribution >= 4 is 21.7 Å². The van der Waals surface area contributed by atoms with Gasteiger partial charge >= 0.3 is 5.97 Å². The SMILES string of the molecule is O=C(O)c1ccc(S(=O)(=O)Nc2ccc(-c3ccccc3)cc2)cc1. The first-order valence-corrected chi connectivity index (χ1v) is 8.96. The minimum absolute atomic E-state index is 0.00429. The van der Waals surface area contributed by atoms with Gasteiger partial charge in [-0.1, -0.05) is 42.5 Å². The van der Waals surface area contributed by atoms with Gasteiger partial charge in [0.05, 0.1) is 10.5 Å². The molecule has 5 nitrogen and oxygen atoms in total. The highest BCUT2D eigenvalue weighted by atomic mass is 32.2. The lowest BCUT2D eigenvalue weighted by molar-refractivity contribution is 0.0696. The third-order valence-electron chi connectivity index (χ3n) is 3.66. The van der Waals surface area contributed by atoms with Crippen LogP contribution in [-0.2, 0) is 10.0 Å². The van der Waals surface area contributed by atoms with Gasteiger partial charge < -0.3 is 5.11 Å². The van der Waals surface area contributed by atoms with Gasteiger partial charge in [0.25, 0.3) is 10.0 Å². The molecule has 3 aromatic rings. The second-order valence-electron chi connectivity index (χ2n) is 5.38. The van der Waals surface area contributed by atoms with Crippen LogP contribution in [0.3, 0.4) is 0 Å². The third-order valence-corrected chi connectivity index (χ3v) is 5.05. The number of carboxylic acid groups (broad SMARTS) is 1. The number of hydrogen-bond acceptors (Lipinski definition) is 3. The second kappa shape index (κ2) is 6.78. The van der Waals surface area contributed by atoms with Crippen molar-refractivity contribution in [2.75, 3.05) is 4.72 Å². The lowest BCUT2D eigenvalue weighted by atomic mass is 10.1. The van der Waals surface area contributed by atoms with Gasteiger partial charge in [-0.3, -0.25) is 4.72 Å². The van der Waals surface area contributed by atoms with Gasteiger partial charge in [-0.05, 0) is 47.5 Å². The largest absolute Gasteiger partial charge is 0.478 e. The molecule has 0 bridgehead atoms. The molecule has 0 heterocycles. The molecule has 0 spiro atoms. The van der Waals surface area contributed by atoms with E-state index in [0.29, 0.717) is 5.69 Å². The van der Waals surface area contributed by atoms with Crippen molar-refractivity contribution in [3.63, 3.8) is 0 Å². The number of sulfonamides is 1. The van der Waals surface area contributed by atoms with Crippen LogP contribution in [0.5, 0.6) is 0 Å². The molecule has 3 aromatic carbocycles. The number of anilines is 1. The summed E-state index contributed by atoms with van der Waals surface area (Å²) in [7, 11) is -3.78. The minimum atomic E-state index is -3.78. The quantitative estimate of drug-likeness (QED) is 0.730. The topological polar surface area (TPSA) is 83.5 Å². The van der Waals surface area contributed by atoms with Crippen LogP contribution in [0.4, 0.5) is 5.69 Å². The van der Waals surface area contributed by atoms with Crippen molar-refractivity contribution < 1.29 is 18.3 Å². The summed E-state index contributed by atoms with van der Waals surface area (Å²) in [5, 5.41) is 8.87. The molecule has 0 saturated carbocycles. The van der Waals surface area contributed by atoms with Crippen LogP contribution >= 0.6 is 0 Å². The maximum Gasteiger partial charge on any atom is 0.335 e. The fourth-order valence-corrected chi connectivity index (χ4v) is 3.41. The number of benzene rings is 3. The molecule has 0 saturated heterocycles. The van der Waals surface area contributed by atoms with Crippen LogP contribution in [0.15, 0.2) is 83.8 Å². The Morgan fingerprint density at radius 1 is 0.760 bits per heavy atom. The molecule has 0 fully saturated rings. The first-order chi connectivity index (χ1) is 12.0. The Balaban J connectivity index is 1.80. The van der Waals surface area contributed by atoms with E-state index >= 15 is 0 Å².